The quantitative estimate of drug-likeness (QED) is 0.614. The van der Waals surface area contributed by atoms with Gasteiger partial charge in [0.25, 0.3) is 11.4 Å². The first-order valence-corrected chi connectivity index (χ1v) is 6.08. The fourth-order valence-electron chi connectivity index (χ4n) is 2.77. The lowest BCUT2D eigenvalue weighted by Gasteiger charge is -2.12. The molecule has 0 aromatic heterocycles. The van der Waals surface area contributed by atoms with Gasteiger partial charge in [0.15, 0.2) is 0 Å². The molecule has 0 unspecified atom stereocenters. The third-order valence-corrected chi connectivity index (χ3v) is 3.66. The third kappa shape index (κ3) is 1.89. The Morgan fingerprint density at radius 3 is 1.30 bits per heavy atom. The Morgan fingerprint density at radius 1 is 0.750 bits per heavy atom. The molecule has 2 aromatic rings. The molecule has 2 rings (SSSR count). The van der Waals surface area contributed by atoms with Crippen molar-refractivity contribution in [3.8, 4) is 0 Å². The van der Waals surface area contributed by atoms with E-state index in [2.05, 4.69) is 0 Å². The number of fused-ring (bicyclic) bond motifs is 1. The van der Waals surface area contributed by atoms with Gasteiger partial charge in [-0.2, -0.15) is 0 Å². The Bertz CT molecular complexity index is 701. The molecular formula is C14H14N2O4. The SMILES string of the molecule is Cc1cc([N+](=O)[O-])c(C)c2c(C)cc([N+](=O)[O-])c(C)c12. The average molecular weight is 274 g/mol. The molecule has 0 radical (unpaired) electrons. The first-order chi connectivity index (χ1) is 9.25. The molecule has 0 aliphatic heterocycles. The summed E-state index contributed by atoms with van der Waals surface area (Å²) in [5, 5.41) is 23.6. The molecular weight excluding hydrogens is 260 g/mol. The Morgan fingerprint density at radius 2 is 1.05 bits per heavy atom. The van der Waals surface area contributed by atoms with E-state index in [1.54, 1.807) is 27.7 Å². The molecule has 0 fully saturated rings. The van der Waals surface area contributed by atoms with Crippen LogP contribution in [-0.4, -0.2) is 9.85 Å². The normalized spacial score (nSPS) is 10.8. The van der Waals surface area contributed by atoms with E-state index in [1.165, 1.54) is 12.1 Å². The molecule has 20 heavy (non-hydrogen) atoms. The predicted octanol–water partition coefficient (Wildman–Crippen LogP) is 3.89. The van der Waals surface area contributed by atoms with Gasteiger partial charge in [0.2, 0.25) is 0 Å². The van der Waals surface area contributed by atoms with Crippen LogP contribution >= 0.6 is 0 Å². The molecule has 6 nitrogen and oxygen atoms in total. The van der Waals surface area contributed by atoms with Crippen molar-refractivity contribution < 1.29 is 9.85 Å². The predicted molar refractivity (Wildman–Crippen MR) is 76.2 cm³/mol. The fourth-order valence-corrected chi connectivity index (χ4v) is 2.77. The van der Waals surface area contributed by atoms with Crippen molar-refractivity contribution >= 4 is 22.1 Å². The van der Waals surface area contributed by atoms with Crippen molar-refractivity contribution in [2.24, 2.45) is 0 Å². The molecule has 104 valence electrons. The second-order valence-corrected chi connectivity index (χ2v) is 4.94. The number of nitro groups is 2. The van der Waals surface area contributed by atoms with Gasteiger partial charge in [0, 0.05) is 23.3 Å². The first kappa shape index (κ1) is 13.9. The van der Waals surface area contributed by atoms with Crippen molar-refractivity contribution in [3.63, 3.8) is 0 Å². The van der Waals surface area contributed by atoms with E-state index in [0.29, 0.717) is 22.3 Å². The summed E-state index contributed by atoms with van der Waals surface area (Å²) in [6, 6.07) is 2.96. The van der Waals surface area contributed by atoms with E-state index in [-0.39, 0.29) is 11.4 Å². The lowest BCUT2D eigenvalue weighted by Crippen LogP contribution is -2.00. The zero-order valence-corrected chi connectivity index (χ0v) is 11.7. The van der Waals surface area contributed by atoms with Gasteiger partial charge in [-0.25, -0.2) is 0 Å². The van der Waals surface area contributed by atoms with Gasteiger partial charge >= 0.3 is 0 Å². The molecule has 0 aliphatic carbocycles. The van der Waals surface area contributed by atoms with Gasteiger partial charge in [-0.15, -0.1) is 0 Å². The van der Waals surface area contributed by atoms with Crippen LogP contribution in [0.25, 0.3) is 10.8 Å². The molecule has 0 spiro atoms. The Labute approximate surface area is 115 Å². The summed E-state index contributed by atoms with van der Waals surface area (Å²) in [5.74, 6) is 0. The molecule has 0 heterocycles. The maximum Gasteiger partial charge on any atom is 0.273 e. The van der Waals surface area contributed by atoms with E-state index in [1.807, 2.05) is 0 Å². The third-order valence-electron chi connectivity index (χ3n) is 3.66. The topological polar surface area (TPSA) is 86.3 Å². The van der Waals surface area contributed by atoms with Crippen LogP contribution in [0.2, 0.25) is 0 Å². The van der Waals surface area contributed by atoms with E-state index in [4.69, 9.17) is 0 Å². The number of benzene rings is 2. The summed E-state index contributed by atoms with van der Waals surface area (Å²) in [4.78, 5) is 21.3. The van der Waals surface area contributed by atoms with Crippen LogP contribution in [0.15, 0.2) is 12.1 Å². The number of hydrogen-bond acceptors (Lipinski definition) is 4. The molecule has 0 saturated heterocycles. The van der Waals surface area contributed by atoms with Gasteiger partial charge in [0.05, 0.1) is 9.85 Å². The lowest BCUT2D eigenvalue weighted by atomic mass is 9.91. The molecule has 0 atom stereocenters. The number of nitro benzene ring substituents is 2. The van der Waals surface area contributed by atoms with Crippen LogP contribution in [-0.2, 0) is 0 Å². The highest BCUT2D eigenvalue weighted by atomic mass is 16.6. The molecule has 0 N–H and O–H groups in total. The number of aryl methyl sites for hydroxylation is 4. The molecule has 2 aromatic carbocycles. The van der Waals surface area contributed by atoms with Crippen LogP contribution in [0.5, 0.6) is 0 Å². The average Bonchev–Trinajstić information content (AvgIpc) is 2.35. The van der Waals surface area contributed by atoms with Crippen LogP contribution in [0.3, 0.4) is 0 Å². The molecule has 0 saturated carbocycles. The minimum absolute atomic E-state index is 0.0475. The van der Waals surface area contributed by atoms with Crippen molar-refractivity contribution in [1.82, 2.24) is 0 Å². The summed E-state index contributed by atoms with van der Waals surface area (Å²) in [6.45, 7) is 6.84. The number of nitrogens with zero attached hydrogens (tertiary/aromatic N) is 2. The second-order valence-electron chi connectivity index (χ2n) is 4.94. The Hall–Kier alpha value is -2.50. The van der Waals surface area contributed by atoms with Crippen LogP contribution < -0.4 is 0 Å². The van der Waals surface area contributed by atoms with Gasteiger partial charge < -0.3 is 0 Å². The molecule has 6 heteroatoms. The van der Waals surface area contributed by atoms with Gasteiger partial charge in [-0.3, -0.25) is 20.2 Å². The Kier molecular flexibility index (Phi) is 3.17. The molecule has 0 aliphatic rings. The molecule has 0 amide bonds. The maximum absolute atomic E-state index is 11.1. The number of rotatable bonds is 2. The van der Waals surface area contributed by atoms with E-state index < -0.39 is 9.85 Å². The highest BCUT2D eigenvalue weighted by Crippen LogP contribution is 2.37. The fraction of sp³-hybridized carbons (Fsp3) is 0.286. The van der Waals surface area contributed by atoms with Crippen molar-refractivity contribution in [2.45, 2.75) is 27.7 Å². The van der Waals surface area contributed by atoms with E-state index in [0.717, 1.165) is 10.8 Å². The second kappa shape index (κ2) is 4.56. The minimum Gasteiger partial charge on any atom is -0.258 e. The van der Waals surface area contributed by atoms with Crippen LogP contribution in [0.4, 0.5) is 11.4 Å². The van der Waals surface area contributed by atoms with Crippen molar-refractivity contribution in [1.29, 1.82) is 0 Å². The number of hydrogen-bond donors (Lipinski definition) is 0. The maximum atomic E-state index is 11.1. The highest BCUT2D eigenvalue weighted by molar-refractivity contribution is 5.98. The Balaban J connectivity index is 3.05. The molecule has 0 bridgehead atoms. The van der Waals surface area contributed by atoms with Crippen LogP contribution in [0.1, 0.15) is 22.3 Å². The van der Waals surface area contributed by atoms with E-state index in [9.17, 15) is 20.2 Å². The standard InChI is InChI=1S/C14H14N2O4/c1-7-5-11(15(17)18)10(4)14-8(2)6-12(16(19)20)9(3)13(7)14/h5-6H,1-4H3. The summed E-state index contributed by atoms with van der Waals surface area (Å²) < 4.78 is 0. The highest BCUT2D eigenvalue weighted by Gasteiger charge is 2.22. The summed E-state index contributed by atoms with van der Waals surface area (Å²) in [5.41, 5.74) is 2.55. The summed E-state index contributed by atoms with van der Waals surface area (Å²) >= 11 is 0. The largest absolute Gasteiger partial charge is 0.273 e. The summed E-state index contributed by atoms with van der Waals surface area (Å²) in [6.07, 6.45) is 0. The van der Waals surface area contributed by atoms with Gasteiger partial charge in [-0.1, -0.05) is 0 Å². The van der Waals surface area contributed by atoms with Gasteiger partial charge in [0.1, 0.15) is 0 Å². The summed E-state index contributed by atoms with van der Waals surface area (Å²) in [7, 11) is 0. The minimum atomic E-state index is -0.419. The zero-order valence-electron chi connectivity index (χ0n) is 11.7. The van der Waals surface area contributed by atoms with E-state index >= 15 is 0 Å². The smallest absolute Gasteiger partial charge is 0.258 e. The lowest BCUT2D eigenvalue weighted by molar-refractivity contribution is -0.385. The monoisotopic (exact) mass is 274 g/mol. The first-order valence-electron chi connectivity index (χ1n) is 6.08. The van der Waals surface area contributed by atoms with Crippen molar-refractivity contribution in [2.75, 3.05) is 0 Å². The zero-order chi connectivity index (χ0) is 15.2. The van der Waals surface area contributed by atoms with Crippen LogP contribution in [0, 0.1) is 47.9 Å². The van der Waals surface area contributed by atoms with Crippen molar-refractivity contribution in [3.05, 3.63) is 54.6 Å². The van der Waals surface area contributed by atoms with Gasteiger partial charge in [-0.05, 0) is 49.6 Å².